The number of hydrogen-bond donors (Lipinski definition) is 2. The van der Waals surface area contributed by atoms with E-state index >= 15 is 0 Å². The molecule has 3 heterocycles. The molecule has 2 aromatic carbocycles. The Hall–Kier alpha value is -4.00. The van der Waals surface area contributed by atoms with Crippen molar-refractivity contribution in [2.75, 3.05) is 44.0 Å². The van der Waals surface area contributed by atoms with Crippen molar-refractivity contribution in [2.24, 2.45) is 0 Å². The zero-order valence-electron chi connectivity index (χ0n) is 25.1. The monoisotopic (exact) mass is 646 g/mol. The third-order valence-corrected chi connectivity index (χ3v) is 9.53. The zero-order chi connectivity index (χ0) is 32.4. The Balaban J connectivity index is 1.42. The quantitative estimate of drug-likeness (QED) is 0.223. The van der Waals surface area contributed by atoms with Crippen LogP contribution in [0.4, 0.5) is 36.3 Å². The molecule has 0 atom stereocenters. The molecule has 0 radical (unpaired) electrons. The fourth-order valence-corrected chi connectivity index (χ4v) is 7.09. The first kappa shape index (κ1) is 32.4. The maximum atomic E-state index is 14.0. The SMILES string of the molecule is CCOP(=O)(Cc1ccc(Nc2ncc(C(F)(F)F)c(Nc3ccc(C(=O)N4CCCC4)c4c3C(=O)N(C)C4)n2)cc1)OCC. The van der Waals surface area contributed by atoms with E-state index in [1.807, 2.05) is 0 Å². The Labute approximate surface area is 258 Å². The molecule has 1 fully saturated rings. The van der Waals surface area contributed by atoms with Gasteiger partial charge in [-0.25, -0.2) is 4.98 Å². The highest BCUT2D eigenvalue weighted by atomic mass is 31.2. The first-order valence-electron chi connectivity index (χ1n) is 14.6. The molecule has 3 aromatic rings. The standard InChI is InChI=1S/C30H34F3N6O5P/c1-4-43-45(42,44-5-2)18-19-8-10-20(11-9-19)35-29-34-16-23(30(31,32)33)26(37-29)36-24-13-12-21(27(40)39-14-6-7-15-39)22-17-38(3)28(41)25(22)24/h8-13,16H,4-7,14-15,17-18H2,1-3H3,(H2,34,35,36,37). The first-order chi connectivity index (χ1) is 21.4. The fourth-order valence-electron chi connectivity index (χ4n) is 5.39. The van der Waals surface area contributed by atoms with Gasteiger partial charge >= 0.3 is 13.8 Å². The van der Waals surface area contributed by atoms with Gasteiger partial charge in [0.25, 0.3) is 11.8 Å². The molecule has 11 nitrogen and oxygen atoms in total. The maximum absolute atomic E-state index is 14.0. The zero-order valence-corrected chi connectivity index (χ0v) is 26.0. The van der Waals surface area contributed by atoms with Crippen LogP contribution in [0.15, 0.2) is 42.6 Å². The Kier molecular flexibility index (Phi) is 9.47. The highest BCUT2D eigenvalue weighted by molar-refractivity contribution is 7.53. The van der Waals surface area contributed by atoms with Gasteiger partial charge in [-0.2, -0.15) is 18.2 Å². The number of fused-ring (bicyclic) bond motifs is 1. The van der Waals surface area contributed by atoms with Crippen molar-refractivity contribution in [3.63, 3.8) is 0 Å². The van der Waals surface area contributed by atoms with Gasteiger partial charge in [0, 0.05) is 44.1 Å². The lowest BCUT2D eigenvalue weighted by atomic mass is 10.00. The van der Waals surface area contributed by atoms with E-state index in [1.54, 1.807) is 56.1 Å². The number of nitrogens with zero attached hydrogens (tertiary/aromatic N) is 4. The molecule has 0 spiro atoms. The second kappa shape index (κ2) is 13.2. The molecule has 0 aliphatic carbocycles. The van der Waals surface area contributed by atoms with Gasteiger partial charge in [0.05, 0.1) is 30.6 Å². The minimum Gasteiger partial charge on any atom is -0.339 e. The number of carbonyl (C=O) groups is 2. The summed E-state index contributed by atoms with van der Waals surface area (Å²) in [6.45, 7) is 5.30. The van der Waals surface area contributed by atoms with E-state index in [0.29, 0.717) is 41.7 Å². The van der Waals surface area contributed by atoms with Gasteiger partial charge in [-0.3, -0.25) is 14.2 Å². The molecule has 1 saturated heterocycles. The number of anilines is 4. The minimum absolute atomic E-state index is 0.0560. The molecule has 45 heavy (non-hydrogen) atoms. The molecular formula is C30H34F3N6O5P. The van der Waals surface area contributed by atoms with Crippen molar-refractivity contribution in [3.8, 4) is 0 Å². The third kappa shape index (κ3) is 7.13. The van der Waals surface area contributed by atoms with Crippen LogP contribution in [0.5, 0.6) is 0 Å². The molecule has 2 N–H and O–H groups in total. The second-order valence-corrected chi connectivity index (χ2v) is 12.7. The average Bonchev–Trinajstić information content (AvgIpc) is 3.62. The molecule has 2 aliphatic heterocycles. The third-order valence-electron chi connectivity index (χ3n) is 7.48. The molecule has 15 heteroatoms. The Morgan fingerprint density at radius 1 is 1.02 bits per heavy atom. The molecule has 5 rings (SSSR count). The molecule has 240 valence electrons. The van der Waals surface area contributed by atoms with Gasteiger partial charge in [0.15, 0.2) is 0 Å². The van der Waals surface area contributed by atoms with Crippen LogP contribution >= 0.6 is 7.60 Å². The van der Waals surface area contributed by atoms with Crippen LogP contribution in [0, 0.1) is 0 Å². The molecule has 2 aliphatic rings. The van der Waals surface area contributed by atoms with Crippen molar-refractivity contribution >= 4 is 42.6 Å². The summed E-state index contributed by atoms with van der Waals surface area (Å²) in [5.74, 6) is -1.31. The molecule has 0 unspecified atom stereocenters. The largest absolute Gasteiger partial charge is 0.421 e. The number of likely N-dealkylation sites (tertiary alicyclic amines) is 1. The van der Waals surface area contributed by atoms with E-state index < -0.39 is 31.1 Å². The summed E-state index contributed by atoms with van der Waals surface area (Å²) < 4.78 is 65.7. The van der Waals surface area contributed by atoms with Crippen molar-refractivity contribution < 1.29 is 36.4 Å². The minimum atomic E-state index is -4.80. The number of halogens is 3. The average molecular weight is 647 g/mol. The van der Waals surface area contributed by atoms with Crippen molar-refractivity contribution in [1.29, 1.82) is 0 Å². The van der Waals surface area contributed by atoms with Crippen molar-refractivity contribution in [1.82, 2.24) is 19.8 Å². The van der Waals surface area contributed by atoms with E-state index in [-0.39, 0.29) is 49.0 Å². The lowest BCUT2D eigenvalue weighted by molar-refractivity contribution is -0.137. The topological polar surface area (TPSA) is 126 Å². The van der Waals surface area contributed by atoms with Gasteiger partial charge in [-0.05, 0) is 62.1 Å². The van der Waals surface area contributed by atoms with Crippen LogP contribution in [0.1, 0.15) is 64.1 Å². The smallest absolute Gasteiger partial charge is 0.339 e. The van der Waals surface area contributed by atoms with Crippen LogP contribution in [-0.2, 0) is 32.5 Å². The first-order valence-corrected chi connectivity index (χ1v) is 16.3. The summed E-state index contributed by atoms with van der Waals surface area (Å²) in [7, 11) is -1.75. The van der Waals surface area contributed by atoms with E-state index in [2.05, 4.69) is 20.6 Å². The number of rotatable bonds is 11. The van der Waals surface area contributed by atoms with Crippen LogP contribution < -0.4 is 10.6 Å². The summed E-state index contributed by atoms with van der Waals surface area (Å²) in [4.78, 5) is 37.5. The molecular weight excluding hydrogens is 612 g/mol. The summed E-state index contributed by atoms with van der Waals surface area (Å²) in [5.41, 5.74) is 1.07. The number of aromatic nitrogens is 2. The summed E-state index contributed by atoms with van der Waals surface area (Å²) in [6.07, 6.45) is -2.30. The number of benzene rings is 2. The maximum Gasteiger partial charge on any atom is 0.421 e. The normalized spacial score (nSPS) is 15.0. The highest BCUT2D eigenvalue weighted by Gasteiger charge is 2.37. The lowest BCUT2D eigenvalue weighted by Crippen LogP contribution is -2.28. The number of carbonyl (C=O) groups excluding carboxylic acids is 2. The number of hydrogen-bond acceptors (Lipinski definition) is 9. The summed E-state index contributed by atoms with van der Waals surface area (Å²) in [6, 6.07) is 9.64. The highest BCUT2D eigenvalue weighted by Crippen LogP contribution is 2.51. The second-order valence-electron chi connectivity index (χ2n) is 10.7. The van der Waals surface area contributed by atoms with Gasteiger partial charge < -0.3 is 29.5 Å². The van der Waals surface area contributed by atoms with E-state index in [4.69, 9.17) is 9.05 Å². The number of alkyl halides is 3. The van der Waals surface area contributed by atoms with Gasteiger partial charge in [-0.15, -0.1) is 0 Å². The predicted molar refractivity (Wildman–Crippen MR) is 162 cm³/mol. The molecule has 0 bridgehead atoms. The van der Waals surface area contributed by atoms with E-state index in [1.165, 1.54) is 11.0 Å². The summed E-state index contributed by atoms with van der Waals surface area (Å²) in [5, 5.41) is 5.59. The summed E-state index contributed by atoms with van der Waals surface area (Å²) >= 11 is 0. The lowest BCUT2D eigenvalue weighted by Gasteiger charge is -2.19. The Morgan fingerprint density at radius 3 is 2.31 bits per heavy atom. The van der Waals surface area contributed by atoms with Gasteiger partial charge in [-0.1, -0.05) is 12.1 Å². The molecule has 0 saturated carbocycles. The van der Waals surface area contributed by atoms with Crippen molar-refractivity contribution in [2.45, 2.75) is 45.6 Å². The Bertz CT molecular complexity index is 1620. The van der Waals surface area contributed by atoms with E-state index in [9.17, 15) is 27.3 Å². The fraction of sp³-hybridized carbons (Fsp3) is 0.400. The Morgan fingerprint density at radius 2 is 1.69 bits per heavy atom. The van der Waals surface area contributed by atoms with Crippen LogP contribution in [0.25, 0.3) is 0 Å². The number of amides is 2. The van der Waals surface area contributed by atoms with E-state index in [0.717, 1.165) is 12.8 Å². The van der Waals surface area contributed by atoms with Gasteiger partial charge in [0.2, 0.25) is 5.95 Å². The van der Waals surface area contributed by atoms with Crippen LogP contribution in [-0.4, -0.2) is 64.9 Å². The molecule has 1 aromatic heterocycles. The van der Waals surface area contributed by atoms with Gasteiger partial charge in [0.1, 0.15) is 11.4 Å². The molecule has 2 amide bonds. The van der Waals surface area contributed by atoms with Crippen molar-refractivity contribution in [3.05, 3.63) is 70.4 Å². The number of nitrogens with one attached hydrogen (secondary N) is 2. The van der Waals surface area contributed by atoms with Crippen LogP contribution in [0.2, 0.25) is 0 Å². The van der Waals surface area contributed by atoms with Crippen LogP contribution in [0.3, 0.4) is 0 Å². The predicted octanol–water partition coefficient (Wildman–Crippen LogP) is 6.57.